The van der Waals surface area contributed by atoms with E-state index in [2.05, 4.69) is 72.9 Å². The lowest BCUT2D eigenvalue weighted by atomic mass is 9.98. The van der Waals surface area contributed by atoms with E-state index >= 15 is 0 Å². The van der Waals surface area contributed by atoms with Gasteiger partial charge in [0, 0.05) is 25.0 Å². The standard InChI is InChI=1S/C27H28N2O2/c1-19-17-29(21(16-28-19)15-20-9-3-2-4-10-20)27(30)31-18-26-24-13-7-5-11-22(24)23-12-6-8-14-25(23)26/h2-14,19,21,26,28H,15-18H2,1H3/t19-,21-/m0/s1. The number of amides is 1. The van der Waals surface area contributed by atoms with Crippen molar-refractivity contribution in [2.75, 3.05) is 19.7 Å². The third kappa shape index (κ3) is 3.96. The van der Waals surface area contributed by atoms with E-state index in [1.54, 1.807) is 0 Å². The Balaban J connectivity index is 1.32. The monoisotopic (exact) mass is 412 g/mol. The number of rotatable bonds is 4. The zero-order valence-corrected chi connectivity index (χ0v) is 17.8. The van der Waals surface area contributed by atoms with Gasteiger partial charge in [-0.2, -0.15) is 0 Å². The molecule has 1 aliphatic carbocycles. The fourth-order valence-electron chi connectivity index (χ4n) is 4.93. The van der Waals surface area contributed by atoms with Crippen LogP contribution in [0.25, 0.3) is 11.1 Å². The Morgan fingerprint density at radius 3 is 2.23 bits per heavy atom. The predicted molar refractivity (Wildman–Crippen MR) is 123 cm³/mol. The molecule has 4 nitrogen and oxygen atoms in total. The Labute approximate surface area is 183 Å². The first-order valence-electron chi connectivity index (χ1n) is 11.1. The molecule has 1 heterocycles. The van der Waals surface area contributed by atoms with Crippen molar-refractivity contribution in [3.63, 3.8) is 0 Å². The summed E-state index contributed by atoms with van der Waals surface area (Å²) in [5, 5.41) is 3.51. The van der Waals surface area contributed by atoms with Crippen LogP contribution in [0.15, 0.2) is 78.9 Å². The Kier molecular flexibility index (Phi) is 5.47. The minimum Gasteiger partial charge on any atom is -0.448 e. The van der Waals surface area contributed by atoms with Crippen molar-refractivity contribution in [3.8, 4) is 11.1 Å². The van der Waals surface area contributed by atoms with Crippen molar-refractivity contribution < 1.29 is 9.53 Å². The molecule has 1 fully saturated rings. The average Bonchev–Trinajstić information content (AvgIpc) is 3.13. The van der Waals surface area contributed by atoms with E-state index in [0.717, 1.165) is 13.0 Å². The number of nitrogens with zero attached hydrogens (tertiary/aromatic N) is 1. The molecule has 31 heavy (non-hydrogen) atoms. The molecule has 0 radical (unpaired) electrons. The van der Waals surface area contributed by atoms with Gasteiger partial charge in [-0.25, -0.2) is 4.79 Å². The van der Waals surface area contributed by atoms with Gasteiger partial charge in [-0.15, -0.1) is 0 Å². The molecule has 1 N–H and O–H groups in total. The number of nitrogens with one attached hydrogen (secondary N) is 1. The van der Waals surface area contributed by atoms with Crippen LogP contribution >= 0.6 is 0 Å². The van der Waals surface area contributed by atoms with Gasteiger partial charge >= 0.3 is 6.09 Å². The summed E-state index contributed by atoms with van der Waals surface area (Å²) in [6.07, 6.45) is 0.612. The first kappa shape index (κ1) is 19.8. The fraction of sp³-hybridized carbons (Fsp3) is 0.296. The number of piperazine rings is 1. The molecule has 0 saturated carbocycles. The highest BCUT2D eigenvalue weighted by Crippen LogP contribution is 2.44. The molecule has 1 saturated heterocycles. The second kappa shape index (κ2) is 8.56. The van der Waals surface area contributed by atoms with Crippen LogP contribution in [0.3, 0.4) is 0 Å². The van der Waals surface area contributed by atoms with Gasteiger partial charge in [0.25, 0.3) is 0 Å². The Bertz CT molecular complexity index is 1020. The van der Waals surface area contributed by atoms with E-state index in [9.17, 15) is 4.79 Å². The van der Waals surface area contributed by atoms with Gasteiger partial charge in [-0.05, 0) is 41.2 Å². The zero-order chi connectivity index (χ0) is 21.2. The molecule has 3 aromatic rings. The Morgan fingerprint density at radius 2 is 1.55 bits per heavy atom. The number of carbonyl (C=O) groups is 1. The van der Waals surface area contributed by atoms with E-state index in [1.165, 1.54) is 27.8 Å². The quantitative estimate of drug-likeness (QED) is 0.667. The average molecular weight is 413 g/mol. The largest absolute Gasteiger partial charge is 0.448 e. The summed E-state index contributed by atoms with van der Waals surface area (Å²) in [6, 6.07) is 27.6. The number of carbonyl (C=O) groups excluding carboxylic acids is 1. The maximum Gasteiger partial charge on any atom is 0.410 e. The van der Waals surface area contributed by atoms with E-state index in [1.807, 2.05) is 23.1 Å². The summed E-state index contributed by atoms with van der Waals surface area (Å²) in [5.74, 6) is 0.0873. The molecule has 2 aliphatic rings. The van der Waals surface area contributed by atoms with Crippen LogP contribution in [0.5, 0.6) is 0 Å². The minimum atomic E-state index is -0.212. The SMILES string of the molecule is C[C@H]1CN(C(=O)OCC2c3ccccc3-c3ccccc32)[C@@H](Cc2ccccc2)CN1. The third-order valence-corrected chi connectivity index (χ3v) is 6.50. The van der Waals surface area contributed by atoms with Crippen LogP contribution in [-0.4, -0.2) is 42.8 Å². The molecular formula is C27H28N2O2. The molecule has 0 aromatic heterocycles. The van der Waals surface area contributed by atoms with Crippen LogP contribution in [0.2, 0.25) is 0 Å². The van der Waals surface area contributed by atoms with Gasteiger partial charge in [0.05, 0.1) is 6.04 Å². The predicted octanol–water partition coefficient (Wildman–Crippen LogP) is 4.84. The van der Waals surface area contributed by atoms with Crippen LogP contribution < -0.4 is 5.32 Å². The maximum atomic E-state index is 13.2. The Hall–Kier alpha value is -3.11. The molecule has 0 bridgehead atoms. The van der Waals surface area contributed by atoms with Crippen molar-refractivity contribution in [2.45, 2.75) is 31.3 Å². The molecule has 4 heteroatoms. The van der Waals surface area contributed by atoms with Crippen molar-refractivity contribution in [3.05, 3.63) is 95.6 Å². The van der Waals surface area contributed by atoms with Crippen LogP contribution in [0.1, 0.15) is 29.5 Å². The Morgan fingerprint density at radius 1 is 0.935 bits per heavy atom. The lowest BCUT2D eigenvalue weighted by Gasteiger charge is -2.39. The molecule has 158 valence electrons. The molecule has 0 unspecified atom stereocenters. The lowest BCUT2D eigenvalue weighted by Crippen LogP contribution is -2.58. The van der Waals surface area contributed by atoms with E-state index in [0.29, 0.717) is 13.2 Å². The maximum absolute atomic E-state index is 13.2. The van der Waals surface area contributed by atoms with Gasteiger partial charge in [-0.3, -0.25) is 0 Å². The summed E-state index contributed by atoms with van der Waals surface area (Å²) in [7, 11) is 0. The second-order valence-electron chi connectivity index (χ2n) is 8.61. The summed E-state index contributed by atoms with van der Waals surface area (Å²) in [4.78, 5) is 15.1. The number of fused-ring (bicyclic) bond motifs is 3. The van der Waals surface area contributed by atoms with Crippen LogP contribution in [0.4, 0.5) is 4.79 Å². The normalized spacial score (nSPS) is 20.2. The van der Waals surface area contributed by atoms with Gasteiger partial charge in [0.2, 0.25) is 0 Å². The number of hydrogen-bond acceptors (Lipinski definition) is 3. The van der Waals surface area contributed by atoms with E-state index in [4.69, 9.17) is 4.74 Å². The zero-order valence-electron chi connectivity index (χ0n) is 17.8. The van der Waals surface area contributed by atoms with Crippen molar-refractivity contribution in [2.24, 2.45) is 0 Å². The lowest BCUT2D eigenvalue weighted by molar-refractivity contribution is 0.0676. The molecular weight excluding hydrogens is 384 g/mol. The molecule has 0 spiro atoms. The highest BCUT2D eigenvalue weighted by atomic mass is 16.6. The first-order valence-corrected chi connectivity index (χ1v) is 11.1. The highest BCUT2D eigenvalue weighted by molar-refractivity contribution is 5.79. The van der Waals surface area contributed by atoms with Gasteiger partial charge < -0.3 is 15.0 Å². The summed E-state index contributed by atoms with van der Waals surface area (Å²) < 4.78 is 5.95. The molecule has 1 amide bonds. The topological polar surface area (TPSA) is 41.6 Å². The molecule has 5 rings (SSSR count). The summed E-state index contributed by atoms with van der Waals surface area (Å²) in [5.41, 5.74) is 6.21. The van der Waals surface area contributed by atoms with Crippen LogP contribution in [-0.2, 0) is 11.2 Å². The van der Waals surface area contributed by atoms with Gasteiger partial charge in [-0.1, -0.05) is 78.9 Å². The second-order valence-corrected chi connectivity index (χ2v) is 8.61. The van der Waals surface area contributed by atoms with E-state index < -0.39 is 0 Å². The molecule has 2 atom stereocenters. The van der Waals surface area contributed by atoms with E-state index in [-0.39, 0.29) is 24.1 Å². The number of hydrogen-bond donors (Lipinski definition) is 1. The van der Waals surface area contributed by atoms with Crippen molar-refractivity contribution >= 4 is 6.09 Å². The third-order valence-electron chi connectivity index (χ3n) is 6.50. The smallest absolute Gasteiger partial charge is 0.410 e. The van der Waals surface area contributed by atoms with Gasteiger partial charge in [0.15, 0.2) is 0 Å². The molecule has 1 aliphatic heterocycles. The molecule has 3 aromatic carbocycles. The highest BCUT2D eigenvalue weighted by Gasteiger charge is 2.33. The van der Waals surface area contributed by atoms with Crippen LogP contribution in [0, 0.1) is 0 Å². The first-order chi connectivity index (χ1) is 15.2. The van der Waals surface area contributed by atoms with Crippen molar-refractivity contribution in [1.29, 1.82) is 0 Å². The number of benzene rings is 3. The minimum absolute atomic E-state index is 0.0873. The number of ether oxygens (including phenoxy) is 1. The van der Waals surface area contributed by atoms with Gasteiger partial charge in [0.1, 0.15) is 6.61 Å². The summed E-state index contributed by atoms with van der Waals surface area (Å²) in [6.45, 7) is 3.92. The fourth-order valence-corrected chi connectivity index (χ4v) is 4.93. The summed E-state index contributed by atoms with van der Waals surface area (Å²) >= 11 is 0. The van der Waals surface area contributed by atoms with Crippen molar-refractivity contribution in [1.82, 2.24) is 10.2 Å².